The summed E-state index contributed by atoms with van der Waals surface area (Å²) in [4.78, 5) is 2.24. The van der Waals surface area contributed by atoms with Crippen LogP contribution in [-0.2, 0) is 4.74 Å². The van der Waals surface area contributed by atoms with Crippen LogP contribution < -0.4 is 0 Å². The monoisotopic (exact) mass is 261 g/mol. The summed E-state index contributed by atoms with van der Waals surface area (Å²) in [5.41, 5.74) is 1.23. The maximum absolute atomic E-state index is 5.59. The molecule has 1 aromatic rings. The van der Waals surface area contributed by atoms with Crippen LogP contribution in [0.2, 0.25) is 0 Å². The third-order valence-corrected chi connectivity index (χ3v) is 2.97. The highest BCUT2D eigenvalue weighted by molar-refractivity contribution is 5.48. The fourth-order valence-corrected chi connectivity index (χ4v) is 1.89. The molecule has 0 aliphatic rings. The van der Waals surface area contributed by atoms with E-state index in [1.807, 2.05) is 18.2 Å². The van der Waals surface area contributed by atoms with Crippen LogP contribution in [0.25, 0.3) is 6.08 Å². The molecule has 0 N–H and O–H groups in total. The molecule has 1 aromatic carbocycles. The van der Waals surface area contributed by atoms with Gasteiger partial charge in [-0.15, -0.1) is 0 Å². The average molecular weight is 261 g/mol. The summed E-state index contributed by atoms with van der Waals surface area (Å²) in [6.07, 6.45) is 9.24. The highest BCUT2D eigenvalue weighted by Gasteiger charge is 1.92. The number of hydrogen-bond acceptors (Lipinski definition) is 2. The predicted octanol–water partition coefficient (Wildman–Crippen LogP) is 3.84. The van der Waals surface area contributed by atoms with Gasteiger partial charge in [0, 0.05) is 6.61 Å². The molecule has 2 nitrogen and oxygen atoms in total. The molecule has 0 aliphatic heterocycles. The number of unbranched alkanes of at least 4 members (excludes halogenated alkanes) is 3. The van der Waals surface area contributed by atoms with Crippen molar-refractivity contribution in [1.29, 1.82) is 0 Å². The predicted molar refractivity (Wildman–Crippen MR) is 83.3 cm³/mol. The lowest BCUT2D eigenvalue weighted by Crippen LogP contribution is -2.12. The van der Waals surface area contributed by atoms with Gasteiger partial charge in [-0.3, -0.25) is 0 Å². The summed E-state index contributed by atoms with van der Waals surface area (Å²) >= 11 is 0. The molecule has 19 heavy (non-hydrogen) atoms. The van der Waals surface area contributed by atoms with Gasteiger partial charge in [-0.05, 0) is 39.0 Å². The Labute approximate surface area is 118 Å². The van der Waals surface area contributed by atoms with E-state index in [0.717, 1.165) is 6.61 Å². The van der Waals surface area contributed by atoms with Crippen molar-refractivity contribution in [1.82, 2.24) is 4.90 Å². The van der Waals surface area contributed by atoms with Crippen LogP contribution in [0.5, 0.6) is 0 Å². The Morgan fingerprint density at radius 3 is 2.47 bits per heavy atom. The van der Waals surface area contributed by atoms with Crippen LogP contribution in [0.4, 0.5) is 0 Å². The van der Waals surface area contributed by atoms with Crippen LogP contribution in [0.3, 0.4) is 0 Å². The van der Waals surface area contributed by atoms with Crippen molar-refractivity contribution in [3.63, 3.8) is 0 Å². The van der Waals surface area contributed by atoms with Gasteiger partial charge in [-0.1, -0.05) is 55.3 Å². The molecule has 0 saturated heterocycles. The van der Waals surface area contributed by atoms with E-state index in [9.17, 15) is 0 Å². The van der Waals surface area contributed by atoms with Crippen LogP contribution in [0, 0.1) is 0 Å². The van der Waals surface area contributed by atoms with Gasteiger partial charge in [0.25, 0.3) is 0 Å². The quantitative estimate of drug-likeness (QED) is 0.593. The Kier molecular flexibility index (Phi) is 9.03. The van der Waals surface area contributed by atoms with E-state index in [2.05, 4.69) is 43.3 Å². The van der Waals surface area contributed by atoms with Gasteiger partial charge in [0.2, 0.25) is 0 Å². The van der Waals surface area contributed by atoms with Gasteiger partial charge in [0.05, 0.1) is 6.61 Å². The topological polar surface area (TPSA) is 12.5 Å². The van der Waals surface area contributed by atoms with Crippen molar-refractivity contribution in [3.8, 4) is 0 Å². The van der Waals surface area contributed by atoms with E-state index in [0.29, 0.717) is 6.61 Å². The van der Waals surface area contributed by atoms with Crippen LogP contribution in [0.15, 0.2) is 36.4 Å². The number of nitrogens with zero attached hydrogens (tertiary/aromatic N) is 1. The SMILES string of the molecule is CN(C)CCCCCCOCC=Cc1ccccc1. The van der Waals surface area contributed by atoms with Gasteiger partial charge < -0.3 is 9.64 Å². The van der Waals surface area contributed by atoms with Crippen LogP contribution in [-0.4, -0.2) is 38.8 Å². The van der Waals surface area contributed by atoms with E-state index in [1.54, 1.807) is 0 Å². The molecule has 0 atom stereocenters. The molecule has 0 unspecified atom stereocenters. The Morgan fingerprint density at radius 1 is 1.00 bits per heavy atom. The van der Waals surface area contributed by atoms with Crippen LogP contribution >= 0.6 is 0 Å². The van der Waals surface area contributed by atoms with E-state index in [1.165, 1.54) is 37.8 Å². The van der Waals surface area contributed by atoms with Crippen molar-refractivity contribution in [2.45, 2.75) is 25.7 Å². The molecule has 0 spiro atoms. The normalized spacial score (nSPS) is 11.5. The van der Waals surface area contributed by atoms with E-state index in [-0.39, 0.29) is 0 Å². The van der Waals surface area contributed by atoms with Crippen molar-refractivity contribution < 1.29 is 4.74 Å². The Balaban J connectivity index is 1.90. The van der Waals surface area contributed by atoms with E-state index >= 15 is 0 Å². The third-order valence-electron chi connectivity index (χ3n) is 2.97. The van der Waals surface area contributed by atoms with Crippen molar-refractivity contribution >= 4 is 6.08 Å². The number of rotatable bonds is 10. The Bertz CT molecular complexity index is 332. The molecule has 1 rings (SSSR count). The van der Waals surface area contributed by atoms with E-state index < -0.39 is 0 Å². The molecule has 0 bridgehead atoms. The molecular formula is C17H27NO. The second kappa shape index (κ2) is 10.8. The van der Waals surface area contributed by atoms with Gasteiger partial charge in [0.15, 0.2) is 0 Å². The third kappa shape index (κ3) is 9.46. The summed E-state index contributed by atoms with van der Waals surface area (Å²) in [6, 6.07) is 10.3. The first-order chi connectivity index (χ1) is 9.29. The molecule has 0 aromatic heterocycles. The fraction of sp³-hybridized carbons (Fsp3) is 0.529. The standard InChI is InChI=1S/C17H27NO/c1-18(2)14-8-3-4-9-15-19-16-10-13-17-11-6-5-7-12-17/h5-7,10-13H,3-4,8-9,14-16H2,1-2H3. The molecular weight excluding hydrogens is 234 g/mol. The first-order valence-corrected chi connectivity index (χ1v) is 7.23. The summed E-state index contributed by atoms with van der Waals surface area (Å²) in [5.74, 6) is 0. The van der Waals surface area contributed by atoms with Gasteiger partial charge in [0.1, 0.15) is 0 Å². The highest BCUT2D eigenvalue weighted by Crippen LogP contribution is 2.02. The zero-order valence-corrected chi connectivity index (χ0v) is 12.3. The lowest BCUT2D eigenvalue weighted by atomic mass is 10.2. The minimum Gasteiger partial charge on any atom is -0.377 e. The second-order valence-corrected chi connectivity index (χ2v) is 5.11. The van der Waals surface area contributed by atoms with Crippen molar-refractivity contribution in [2.24, 2.45) is 0 Å². The Morgan fingerprint density at radius 2 is 1.74 bits per heavy atom. The van der Waals surface area contributed by atoms with Crippen molar-refractivity contribution in [3.05, 3.63) is 42.0 Å². The second-order valence-electron chi connectivity index (χ2n) is 5.11. The summed E-state index contributed by atoms with van der Waals surface area (Å²) in [5, 5.41) is 0. The van der Waals surface area contributed by atoms with Gasteiger partial charge >= 0.3 is 0 Å². The molecule has 0 heterocycles. The lowest BCUT2D eigenvalue weighted by Gasteiger charge is -2.08. The summed E-state index contributed by atoms with van der Waals surface area (Å²) < 4.78 is 5.59. The molecule has 2 heteroatoms. The summed E-state index contributed by atoms with van der Waals surface area (Å²) in [6.45, 7) is 2.79. The largest absolute Gasteiger partial charge is 0.377 e. The summed E-state index contributed by atoms with van der Waals surface area (Å²) in [7, 11) is 4.25. The molecule has 0 fully saturated rings. The van der Waals surface area contributed by atoms with Crippen LogP contribution in [0.1, 0.15) is 31.2 Å². The maximum Gasteiger partial charge on any atom is 0.0650 e. The highest BCUT2D eigenvalue weighted by atomic mass is 16.5. The average Bonchev–Trinajstić information content (AvgIpc) is 2.42. The lowest BCUT2D eigenvalue weighted by molar-refractivity contribution is 0.157. The minimum absolute atomic E-state index is 0.715. The number of benzene rings is 1. The zero-order chi connectivity index (χ0) is 13.8. The number of hydrogen-bond donors (Lipinski definition) is 0. The fourth-order valence-electron chi connectivity index (χ4n) is 1.89. The smallest absolute Gasteiger partial charge is 0.0650 e. The maximum atomic E-state index is 5.59. The first-order valence-electron chi connectivity index (χ1n) is 7.23. The van der Waals surface area contributed by atoms with Gasteiger partial charge in [-0.2, -0.15) is 0 Å². The molecule has 0 aliphatic carbocycles. The molecule has 0 radical (unpaired) electrons. The number of ether oxygens (including phenoxy) is 1. The first kappa shape index (κ1) is 15.9. The molecule has 0 amide bonds. The minimum atomic E-state index is 0.715. The zero-order valence-electron chi connectivity index (χ0n) is 12.3. The van der Waals surface area contributed by atoms with Gasteiger partial charge in [-0.25, -0.2) is 0 Å². The molecule has 106 valence electrons. The molecule has 0 saturated carbocycles. The Hall–Kier alpha value is -1.12. The van der Waals surface area contributed by atoms with E-state index in [4.69, 9.17) is 4.74 Å². The van der Waals surface area contributed by atoms with Crippen molar-refractivity contribution in [2.75, 3.05) is 33.9 Å².